The molecule has 0 radical (unpaired) electrons. The molecule has 2 aromatic carbocycles. The zero-order valence-corrected chi connectivity index (χ0v) is 16.1. The number of rotatable bonds is 6. The van der Waals surface area contributed by atoms with Crippen LogP contribution in [0.1, 0.15) is 17.0 Å². The molecule has 0 aliphatic rings. The number of halogens is 1. The number of hydrogen-bond acceptors (Lipinski definition) is 5. The van der Waals surface area contributed by atoms with E-state index in [9.17, 15) is 9.18 Å². The van der Waals surface area contributed by atoms with Crippen molar-refractivity contribution < 1.29 is 13.6 Å². The second-order valence-electron chi connectivity index (χ2n) is 6.61. The van der Waals surface area contributed by atoms with Crippen LogP contribution in [0.15, 0.2) is 71.6 Å². The number of aromatic nitrogens is 4. The number of benzene rings is 2. The second kappa shape index (κ2) is 8.52. The predicted octanol–water partition coefficient (Wildman–Crippen LogP) is 3.85. The lowest BCUT2D eigenvalue weighted by Crippen LogP contribution is -2.07. The molecule has 0 fully saturated rings. The lowest BCUT2D eigenvalue weighted by molar-refractivity contribution is -0.111. The van der Waals surface area contributed by atoms with E-state index in [0.717, 1.165) is 22.4 Å². The maximum Gasteiger partial charge on any atom is 0.248 e. The van der Waals surface area contributed by atoms with Crippen LogP contribution < -0.4 is 5.32 Å². The van der Waals surface area contributed by atoms with Crippen molar-refractivity contribution in [1.82, 2.24) is 20.0 Å². The second-order valence-corrected chi connectivity index (χ2v) is 6.61. The molecule has 8 heteroatoms. The summed E-state index contributed by atoms with van der Waals surface area (Å²) in [5.74, 6) is -0.0443. The van der Waals surface area contributed by atoms with E-state index in [1.54, 1.807) is 36.1 Å². The SMILES string of the molecule is Cn1ncc(C=CC(=O)Nc2ccc(Cc3nnco3)cc2)c1-c1ccc(F)cc1. The third kappa shape index (κ3) is 4.49. The Morgan fingerprint density at radius 3 is 2.63 bits per heavy atom. The summed E-state index contributed by atoms with van der Waals surface area (Å²) in [5, 5.41) is 14.6. The minimum absolute atomic E-state index is 0.270. The Morgan fingerprint density at radius 2 is 1.93 bits per heavy atom. The molecule has 0 saturated carbocycles. The number of aryl methyl sites for hydroxylation is 1. The average Bonchev–Trinajstić information content (AvgIpc) is 3.38. The molecular formula is C22H18FN5O2. The number of carbonyl (C=O) groups is 1. The van der Waals surface area contributed by atoms with Crippen molar-refractivity contribution in [1.29, 1.82) is 0 Å². The summed E-state index contributed by atoms with van der Waals surface area (Å²) >= 11 is 0. The van der Waals surface area contributed by atoms with Crippen LogP contribution in [0.5, 0.6) is 0 Å². The fraction of sp³-hybridized carbons (Fsp3) is 0.0909. The van der Waals surface area contributed by atoms with Crippen LogP contribution in [0.2, 0.25) is 0 Å². The van der Waals surface area contributed by atoms with Gasteiger partial charge in [0.1, 0.15) is 5.82 Å². The molecular weight excluding hydrogens is 385 g/mol. The molecule has 2 aromatic heterocycles. The highest BCUT2D eigenvalue weighted by molar-refractivity contribution is 6.02. The minimum atomic E-state index is -0.305. The van der Waals surface area contributed by atoms with Crippen molar-refractivity contribution in [3.05, 3.63) is 90.0 Å². The van der Waals surface area contributed by atoms with Gasteiger partial charge in [0.25, 0.3) is 0 Å². The first-order valence-corrected chi connectivity index (χ1v) is 9.19. The highest BCUT2D eigenvalue weighted by Crippen LogP contribution is 2.24. The largest absolute Gasteiger partial charge is 0.428 e. The van der Waals surface area contributed by atoms with Gasteiger partial charge in [-0.05, 0) is 48.0 Å². The molecule has 0 aliphatic heterocycles. The number of carbonyl (C=O) groups excluding carboxylic acids is 1. The standard InChI is InChI=1S/C22H18FN5O2/c1-28-22(16-4-7-18(23)8-5-16)17(13-25-28)6-11-20(29)26-19-9-2-15(3-10-19)12-21-27-24-14-30-21/h2-11,13-14H,12H2,1H3,(H,26,29). The van der Waals surface area contributed by atoms with Crippen LogP contribution in [-0.4, -0.2) is 25.9 Å². The maximum absolute atomic E-state index is 13.2. The average molecular weight is 403 g/mol. The summed E-state index contributed by atoms with van der Waals surface area (Å²) in [5.41, 5.74) is 4.03. The molecule has 150 valence electrons. The zero-order chi connectivity index (χ0) is 20.9. The predicted molar refractivity (Wildman–Crippen MR) is 110 cm³/mol. The lowest BCUT2D eigenvalue weighted by atomic mass is 10.1. The molecule has 0 spiro atoms. The van der Waals surface area contributed by atoms with Crippen LogP contribution >= 0.6 is 0 Å². The Morgan fingerprint density at radius 1 is 1.17 bits per heavy atom. The van der Waals surface area contributed by atoms with Gasteiger partial charge in [-0.3, -0.25) is 9.48 Å². The number of hydrogen-bond donors (Lipinski definition) is 1. The summed E-state index contributed by atoms with van der Waals surface area (Å²) < 4.78 is 20.0. The van der Waals surface area contributed by atoms with E-state index in [-0.39, 0.29) is 11.7 Å². The summed E-state index contributed by atoms with van der Waals surface area (Å²) in [6.45, 7) is 0. The van der Waals surface area contributed by atoms with Gasteiger partial charge < -0.3 is 9.73 Å². The van der Waals surface area contributed by atoms with Gasteiger partial charge in [0, 0.05) is 29.9 Å². The normalized spacial score (nSPS) is 11.1. The van der Waals surface area contributed by atoms with Crippen LogP contribution in [0.25, 0.3) is 17.3 Å². The Labute approximate surface area is 171 Å². The van der Waals surface area contributed by atoms with E-state index >= 15 is 0 Å². The van der Waals surface area contributed by atoms with Crippen LogP contribution in [0.3, 0.4) is 0 Å². The van der Waals surface area contributed by atoms with Crippen LogP contribution in [-0.2, 0) is 18.3 Å². The third-order valence-corrected chi connectivity index (χ3v) is 4.48. The fourth-order valence-corrected chi connectivity index (χ4v) is 3.04. The Bertz CT molecular complexity index is 1160. The van der Waals surface area contributed by atoms with Gasteiger partial charge in [-0.15, -0.1) is 10.2 Å². The molecule has 7 nitrogen and oxygen atoms in total. The topological polar surface area (TPSA) is 85.8 Å². The van der Waals surface area contributed by atoms with Crippen molar-refractivity contribution in [2.75, 3.05) is 5.32 Å². The molecule has 0 aliphatic carbocycles. The van der Waals surface area contributed by atoms with Gasteiger partial charge >= 0.3 is 0 Å². The maximum atomic E-state index is 13.2. The fourth-order valence-electron chi connectivity index (χ4n) is 3.04. The van der Waals surface area contributed by atoms with Gasteiger partial charge in [-0.1, -0.05) is 12.1 Å². The van der Waals surface area contributed by atoms with Crippen LogP contribution in [0.4, 0.5) is 10.1 Å². The van der Waals surface area contributed by atoms with E-state index in [0.29, 0.717) is 18.0 Å². The van der Waals surface area contributed by atoms with Gasteiger partial charge in [-0.25, -0.2) is 4.39 Å². The van der Waals surface area contributed by atoms with Gasteiger partial charge in [0.15, 0.2) is 0 Å². The van der Waals surface area contributed by atoms with Gasteiger partial charge in [0.2, 0.25) is 18.2 Å². The van der Waals surface area contributed by atoms with Gasteiger partial charge in [-0.2, -0.15) is 5.10 Å². The zero-order valence-electron chi connectivity index (χ0n) is 16.1. The molecule has 4 rings (SSSR count). The monoisotopic (exact) mass is 403 g/mol. The molecule has 2 heterocycles. The first-order valence-electron chi connectivity index (χ1n) is 9.19. The Balaban J connectivity index is 1.42. The molecule has 0 atom stereocenters. The van der Waals surface area contributed by atoms with Gasteiger partial charge in [0.05, 0.1) is 18.3 Å². The van der Waals surface area contributed by atoms with E-state index in [2.05, 4.69) is 20.6 Å². The quantitative estimate of drug-likeness (QED) is 0.494. The molecule has 30 heavy (non-hydrogen) atoms. The first-order chi connectivity index (χ1) is 14.6. The number of anilines is 1. The lowest BCUT2D eigenvalue weighted by Gasteiger charge is -2.05. The van der Waals surface area contributed by atoms with Crippen molar-refractivity contribution in [3.63, 3.8) is 0 Å². The number of nitrogens with zero attached hydrogens (tertiary/aromatic N) is 4. The Kier molecular flexibility index (Phi) is 5.47. The molecule has 1 N–H and O–H groups in total. The summed E-state index contributed by atoms with van der Waals surface area (Å²) in [4.78, 5) is 12.3. The molecule has 0 bridgehead atoms. The summed E-state index contributed by atoms with van der Waals surface area (Å²) in [7, 11) is 1.80. The number of amides is 1. The highest BCUT2D eigenvalue weighted by Gasteiger charge is 2.10. The molecule has 4 aromatic rings. The smallest absolute Gasteiger partial charge is 0.248 e. The minimum Gasteiger partial charge on any atom is -0.428 e. The van der Waals surface area contributed by atoms with Crippen molar-refractivity contribution in [2.24, 2.45) is 7.05 Å². The van der Waals surface area contributed by atoms with Crippen molar-refractivity contribution in [2.45, 2.75) is 6.42 Å². The molecule has 0 unspecified atom stereocenters. The summed E-state index contributed by atoms with van der Waals surface area (Å²) in [6.07, 6.45) is 6.61. The van der Waals surface area contributed by atoms with E-state index < -0.39 is 0 Å². The van der Waals surface area contributed by atoms with Crippen LogP contribution in [0, 0.1) is 5.82 Å². The van der Waals surface area contributed by atoms with Crippen molar-refractivity contribution in [3.8, 4) is 11.3 Å². The van der Waals surface area contributed by atoms with E-state index in [4.69, 9.17) is 4.42 Å². The molecule has 1 amide bonds. The highest BCUT2D eigenvalue weighted by atomic mass is 19.1. The number of nitrogens with one attached hydrogen (secondary N) is 1. The Hall–Kier alpha value is -4.07. The summed E-state index contributed by atoms with van der Waals surface area (Å²) in [6, 6.07) is 13.5. The van der Waals surface area contributed by atoms with Crippen molar-refractivity contribution >= 4 is 17.7 Å². The first kappa shape index (κ1) is 19.3. The third-order valence-electron chi connectivity index (χ3n) is 4.48. The van der Waals surface area contributed by atoms with E-state index in [1.807, 2.05) is 24.3 Å². The molecule has 0 saturated heterocycles. The van der Waals surface area contributed by atoms with E-state index in [1.165, 1.54) is 24.6 Å².